The van der Waals surface area contributed by atoms with Gasteiger partial charge in [-0.05, 0) is 6.07 Å². The first-order valence-electron chi connectivity index (χ1n) is 4.82. The van der Waals surface area contributed by atoms with E-state index < -0.39 is 0 Å². The molecule has 0 aliphatic rings. The fraction of sp³-hybridized carbons (Fsp3) is 0. The smallest absolute Gasteiger partial charge is 0.181 e. The lowest BCUT2D eigenvalue weighted by atomic mass is 10.3. The average molecular weight is 244 g/mol. The van der Waals surface area contributed by atoms with Crippen LogP contribution in [-0.4, -0.2) is 19.9 Å². The summed E-state index contributed by atoms with van der Waals surface area (Å²) in [6.07, 6.45) is 3.07. The van der Waals surface area contributed by atoms with Crippen LogP contribution < -0.4 is 11.5 Å². The maximum absolute atomic E-state index is 5.87. The van der Waals surface area contributed by atoms with Gasteiger partial charge in [0.25, 0.3) is 0 Å². The van der Waals surface area contributed by atoms with Crippen LogP contribution in [0.2, 0.25) is 0 Å². The van der Waals surface area contributed by atoms with Crippen molar-refractivity contribution >= 4 is 33.1 Å². The third-order valence-corrected chi connectivity index (χ3v) is 3.29. The van der Waals surface area contributed by atoms with E-state index in [9.17, 15) is 0 Å². The third kappa shape index (κ3) is 1.56. The van der Waals surface area contributed by atoms with E-state index in [0.29, 0.717) is 28.5 Å². The molecule has 0 unspecified atom stereocenters. The molecule has 6 nitrogen and oxygen atoms in total. The van der Waals surface area contributed by atoms with E-state index in [1.54, 1.807) is 17.6 Å². The SMILES string of the molecule is Nc1csc2c(N)nc(-c3ccncn3)nc12. The first-order chi connectivity index (χ1) is 8.25. The molecular formula is C10H8N6S. The minimum atomic E-state index is 0.422. The first-order valence-corrected chi connectivity index (χ1v) is 5.70. The molecule has 0 saturated heterocycles. The summed E-state index contributed by atoms with van der Waals surface area (Å²) in [5.41, 5.74) is 13.6. The molecule has 0 saturated carbocycles. The van der Waals surface area contributed by atoms with Gasteiger partial charge in [-0.25, -0.2) is 19.9 Å². The topological polar surface area (TPSA) is 104 Å². The molecule has 3 aromatic heterocycles. The Hall–Kier alpha value is -2.28. The van der Waals surface area contributed by atoms with Gasteiger partial charge in [-0.3, -0.25) is 0 Å². The lowest BCUT2D eigenvalue weighted by Crippen LogP contribution is -1.98. The van der Waals surface area contributed by atoms with Gasteiger partial charge >= 0.3 is 0 Å². The van der Waals surface area contributed by atoms with E-state index in [2.05, 4.69) is 19.9 Å². The van der Waals surface area contributed by atoms with Gasteiger partial charge in [0.15, 0.2) is 5.82 Å². The number of fused-ring (bicyclic) bond motifs is 1. The molecule has 0 amide bonds. The fourth-order valence-corrected chi connectivity index (χ4v) is 2.29. The Balaban J connectivity index is 2.28. The van der Waals surface area contributed by atoms with E-state index in [1.807, 2.05) is 0 Å². The largest absolute Gasteiger partial charge is 0.396 e. The molecule has 0 spiro atoms. The van der Waals surface area contributed by atoms with Gasteiger partial charge in [-0.1, -0.05) is 0 Å². The van der Waals surface area contributed by atoms with Crippen molar-refractivity contribution in [3.8, 4) is 11.5 Å². The summed E-state index contributed by atoms with van der Waals surface area (Å²) < 4.78 is 0.806. The molecule has 0 aliphatic carbocycles. The third-order valence-electron chi connectivity index (χ3n) is 2.28. The van der Waals surface area contributed by atoms with Crippen molar-refractivity contribution in [2.45, 2.75) is 0 Å². The molecule has 3 heterocycles. The quantitative estimate of drug-likeness (QED) is 0.669. The second-order valence-corrected chi connectivity index (χ2v) is 4.28. The summed E-state index contributed by atoms with van der Waals surface area (Å²) in [5, 5.41) is 1.81. The number of nitrogen functional groups attached to an aromatic ring is 2. The number of aromatic nitrogens is 4. The maximum atomic E-state index is 5.87. The number of thiophene rings is 1. The number of nitrogens with two attached hydrogens (primary N) is 2. The number of nitrogens with zero attached hydrogens (tertiary/aromatic N) is 4. The van der Waals surface area contributed by atoms with Crippen LogP contribution in [-0.2, 0) is 0 Å². The van der Waals surface area contributed by atoms with Crippen LogP contribution in [0, 0.1) is 0 Å². The minimum absolute atomic E-state index is 0.422. The van der Waals surface area contributed by atoms with Crippen LogP contribution in [0.3, 0.4) is 0 Å². The number of hydrogen-bond donors (Lipinski definition) is 2. The lowest BCUT2D eigenvalue weighted by Gasteiger charge is -2.01. The Morgan fingerprint density at radius 2 is 2.06 bits per heavy atom. The van der Waals surface area contributed by atoms with Crippen molar-refractivity contribution in [3.63, 3.8) is 0 Å². The van der Waals surface area contributed by atoms with Gasteiger partial charge in [-0.15, -0.1) is 11.3 Å². The van der Waals surface area contributed by atoms with E-state index in [-0.39, 0.29) is 0 Å². The summed E-state index contributed by atoms with van der Waals surface area (Å²) in [7, 11) is 0. The van der Waals surface area contributed by atoms with Crippen molar-refractivity contribution in [3.05, 3.63) is 24.0 Å². The molecule has 4 N–H and O–H groups in total. The molecule has 0 atom stereocenters. The number of anilines is 2. The Labute approximate surface area is 100 Å². The molecule has 0 radical (unpaired) electrons. The molecule has 84 valence electrons. The van der Waals surface area contributed by atoms with E-state index in [1.165, 1.54) is 17.7 Å². The minimum Gasteiger partial charge on any atom is -0.396 e. The zero-order valence-electron chi connectivity index (χ0n) is 8.66. The van der Waals surface area contributed by atoms with Crippen LogP contribution in [0.4, 0.5) is 11.5 Å². The zero-order valence-corrected chi connectivity index (χ0v) is 9.48. The second kappa shape index (κ2) is 3.63. The molecule has 0 fully saturated rings. The van der Waals surface area contributed by atoms with Gasteiger partial charge in [0.1, 0.15) is 23.4 Å². The van der Waals surface area contributed by atoms with Crippen LogP contribution >= 0.6 is 11.3 Å². The molecule has 3 rings (SSSR count). The van der Waals surface area contributed by atoms with Crippen molar-refractivity contribution in [2.75, 3.05) is 11.5 Å². The Morgan fingerprint density at radius 3 is 2.82 bits per heavy atom. The van der Waals surface area contributed by atoms with Crippen molar-refractivity contribution in [1.29, 1.82) is 0 Å². The van der Waals surface area contributed by atoms with Crippen LogP contribution in [0.5, 0.6) is 0 Å². The van der Waals surface area contributed by atoms with Crippen molar-refractivity contribution in [2.24, 2.45) is 0 Å². The molecule has 3 aromatic rings. The molecule has 17 heavy (non-hydrogen) atoms. The Bertz CT molecular complexity index is 678. The molecular weight excluding hydrogens is 236 g/mol. The summed E-state index contributed by atoms with van der Waals surface area (Å²) >= 11 is 1.44. The summed E-state index contributed by atoms with van der Waals surface area (Å²) in [4.78, 5) is 16.5. The van der Waals surface area contributed by atoms with Crippen molar-refractivity contribution < 1.29 is 0 Å². The number of rotatable bonds is 1. The first kappa shape index (κ1) is 9.91. The average Bonchev–Trinajstić information content (AvgIpc) is 2.73. The molecule has 7 heteroatoms. The van der Waals surface area contributed by atoms with E-state index in [0.717, 1.165) is 4.70 Å². The number of hydrogen-bond acceptors (Lipinski definition) is 7. The van der Waals surface area contributed by atoms with E-state index in [4.69, 9.17) is 11.5 Å². The van der Waals surface area contributed by atoms with Crippen LogP contribution in [0.15, 0.2) is 24.0 Å². The molecule has 0 aromatic carbocycles. The zero-order chi connectivity index (χ0) is 11.8. The highest BCUT2D eigenvalue weighted by molar-refractivity contribution is 7.18. The fourth-order valence-electron chi connectivity index (χ4n) is 1.50. The highest BCUT2D eigenvalue weighted by atomic mass is 32.1. The Morgan fingerprint density at radius 1 is 1.18 bits per heavy atom. The van der Waals surface area contributed by atoms with Crippen LogP contribution in [0.1, 0.15) is 0 Å². The second-order valence-electron chi connectivity index (χ2n) is 3.40. The molecule has 0 bridgehead atoms. The highest BCUT2D eigenvalue weighted by Crippen LogP contribution is 2.31. The van der Waals surface area contributed by atoms with Crippen molar-refractivity contribution in [1.82, 2.24) is 19.9 Å². The summed E-state index contributed by atoms with van der Waals surface area (Å²) in [5.74, 6) is 0.882. The normalized spacial score (nSPS) is 10.8. The van der Waals surface area contributed by atoms with E-state index >= 15 is 0 Å². The standard InChI is InChI=1S/C10H8N6S/c11-5-3-17-8-7(5)15-10(16-9(8)12)6-1-2-13-4-14-6/h1-4H,11H2,(H2,12,15,16). The highest BCUT2D eigenvalue weighted by Gasteiger charge is 2.11. The van der Waals surface area contributed by atoms with Crippen LogP contribution in [0.25, 0.3) is 21.7 Å². The molecule has 0 aliphatic heterocycles. The Kier molecular flexibility index (Phi) is 2.12. The monoisotopic (exact) mass is 244 g/mol. The predicted octanol–water partition coefficient (Wildman–Crippen LogP) is 1.31. The summed E-state index contributed by atoms with van der Waals surface area (Å²) in [6, 6.07) is 1.73. The van der Waals surface area contributed by atoms with Gasteiger partial charge in [0.05, 0.1) is 10.4 Å². The van der Waals surface area contributed by atoms with Gasteiger partial charge in [0, 0.05) is 11.6 Å². The maximum Gasteiger partial charge on any atom is 0.181 e. The van der Waals surface area contributed by atoms with Gasteiger partial charge < -0.3 is 11.5 Å². The lowest BCUT2D eigenvalue weighted by molar-refractivity contribution is 1.13. The van der Waals surface area contributed by atoms with Gasteiger partial charge in [0.2, 0.25) is 0 Å². The predicted molar refractivity (Wildman–Crippen MR) is 67.3 cm³/mol. The summed E-state index contributed by atoms with van der Waals surface area (Å²) in [6.45, 7) is 0. The van der Waals surface area contributed by atoms with Gasteiger partial charge in [-0.2, -0.15) is 0 Å².